The van der Waals surface area contributed by atoms with Crippen molar-refractivity contribution in [3.8, 4) is 5.75 Å². The van der Waals surface area contributed by atoms with E-state index in [-0.39, 0.29) is 12.5 Å². The number of aromatic nitrogens is 4. The standard InChI is InChI=1S/C22H28N5O9PS/c1-14(34-13-37(30,35-11-32-15(2)28)36-12-33-16(3)29)9-27-10-24-19-20(27)25-22(23)26-21(19)38-18-7-5-17(31-4)6-8-18/h5-8,10,14H,9,11-13H2,1-4H3,(H2,23,25,26). The SMILES string of the molecule is COc1ccc(Sc2nc(N)nc3c2ncn3CC(C)OCP(=O)(OCOC(C)=O)OCOC(C)=O)cc1. The molecule has 0 aliphatic rings. The number of ether oxygens (including phenoxy) is 4. The van der Waals surface area contributed by atoms with Crippen molar-refractivity contribution < 1.29 is 42.1 Å². The van der Waals surface area contributed by atoms with Crippen molar-refractivity contribution in [2.75, 3.05) is 32.8 Å². The number of nitrogens with two attached hydrogens (primary N) is 1. The Bertz CT molecular complexity index is 1280. The number of rotatable bonds is 14. The molecule has 0 fully saturated rings. The predicted octanol–water partition coefficient (Wildman–Crippen LogP) is 3.20. The van der Waals surface area contributed by atoms with Crippen LogP contribution >= 0.6 is 19.4 Å². The maximum absolute atomic E-state index is 13.0. The number of nitrogens with zero attached hydrogens (tertiary/aromatic N) is 4. The third-order valence-electron chi connectivity index (χ3n) is 4.72. The smallest absolute Gasteiger partial charge is 0.361 e. The lowest BCUT2D eigenvalue weighted by Gasteiger charge is -2.20. The number of nitrogen functional groups attached to an aromatic ring is 1. The summed E-state index contributed by atoms with van der Waals surface area (Å²) >= 11 is 1.38. The van der Waals surface area contributed by atoms with Gasteiger partial charge in [-0.25, -0.2) is 9.97 Å². The third kappa shape index (κ3) is 8.67. The van der Waals surface area contributed by atoms with Crippen molar-refractivity contribution in [1.82, 2.24) is 19.5 Å². The molecule has 1 unspecified atom stereocenters. The molecule has 2 heterocycles. The molecule has 16 heteroatoms. The quantitative estimate of drug-likeness (QED) is 0.130. The number of fused-ring (bicyclic) bond motifs is 1. The number of esters is 2. The number of carbonyl (C=O) groups excluding carboxylic acids is 2. The fourth-order valence-electron chi connectivity index (χ4n) is 2.93. The van der Waals surface area contributed by atoms with Crippen LogP contribution in [0.4, 0.5) is 5.95 Å². The van der Waals surface area contributed by atoms with E-state index >= 15 is 0 Å². The highest BCUT2D eigenvalue weighted by Crippen LogP contribution is 2.48. The second-order valence-electron chi connectivity index (χ2n) is 7.72. The number of imidazole rings is 1. The zero-order valence-electron chi connectivity index (χ0n) is 21.2. The fraction of sp³-hybridized carbons (Fsp3) is 0.409. The Kier molecular flexibility index (Phi) is 10.4. The summed E-state index contributed by atoms with van der Waals surface area (Å²) in [4.78, 5) is 36.0. The Morgan fingerprint density at radius 3 is 2.29 bits per heavy atom. The molecule has 2 aromatic heterocycles. The Morgan fingerprint density at radius 1 is 1.08 bits per heavy atom. The summed E-state index contributed by atoms with van der Waals surface area (Å²) in [6.07, 6.45) is 0.549. The van der Waals surface area contributed by atoms with Gasteiger partial charge in [-0.1, -0.05) is 11.8 Å². The Hall–Kier alpha value is -3.23. The second-order valence-corrected chi connectivity index (χ2v) is 10.8. The number of benzene rings is 1. The normalized spacial score (nSPS) is 12.3. The van der Waals surface area contributed by atoms with Gasteiger partial charge in [0.1, 0.15) is 22.6 Å². The van der Waals surface area contributed by atoms with Crippen molar-refractivity contribution in [2.24, 2.45) is 0 Å². The van der Waals surface area contributed by atoms with Gasteiger partial charge in [-0.3, -0.25) is 23.2 Å². The summed E-state index contributed by atoms with van der Waals surface area (Å²) in [5.41, 5.74) is 7.00. The molecule has 0 saturated heterocycles. The predicted molar refractivity (Wildman–Crippen MR) is 135 cm³/mol. The van der Waals surface area contributed by atoms with E-state index in [0.29, 0.717) is 16.2 Å². The van der Waals surface area contributed by atoms with Crippen LogP contribution in [0.3, 0.4) is 0 Å². The van der Waals surface area contributed by atoms with E-state index in [4.69, 9.17) is 24.3 Å². The monoisotopic (exact) mass is 569 g/mol. The summed E-state index contributed by atoms with van der Waals surface area (Å²) in [7, 11) is -2.35. The molecule has 2 N–H and O–H groups in total. The molecular formula is C22H28N5O9PS. The largest absolute Gasteiger partial charge is 0.497 e. The van der Waals surface area contributed by atoms with Crippen LogP contribution in [0.25, 0.3) is 11.2 Å². The number of hydrogen-bond donors (Lipinski definition) is 1. The lowest BCUT2D eigenvalue weighted by atomic mass is 10.3. The van der Waals surface area contributed by atoms with E-state index in [2.05, 4.69) is 24.4 Å². The molecule has 14 nitrogen and oxygen atoms in total. The maximum atomic E-state index is 13.0. The number of hydrogen-bond acceptors (Lipinski definition) is 14. The van der Waals surface area contributed by atoms with Gasteiger partial charge in [-0.2, -0.15) is 4.98 Å². The molecule has 206 valence electrons. The van der Waals surface area contributed by atoms with E-state index in [0.717, 1.165) is 10.6 Å². The van der Waals surface area contributed by atoms with Crippen molar-refractivity contribution in [1.29, 1.82) is 0 Å². The number of anilines is 1. The summed E-state index contributed by atoms with van der Waals surface area (Å²) in [5, 5.41) is 0.576. The molecule has 0 saturated carbocycles. The second kappa shape index (κ2) is 13.5. The van der Waals surface area contributed by atoms with Crippen LogP contribution in [0.1, 0.15) is 20.8 Å². The Balaban J connectivity index is 1.68. The minimum atomic E-state index is -3.94. The Morgan fingerprint density at radius 2 is 1.71 bits per heavy atom. The maximum Gasteiger partial charge on any atom is 0.361 e. The van der Waals surface area contributed by atoms with Crippen LogP contribution in [-0.4, -0.2) is 64.6 Å². The summed E-state index contributed by atoms with van der Waals surface area (Å²) in [6.45, 7) is 3.07. The molecule has 3 rings (SSSR count). The highest BCUT2D eigenvalue weighted by Gasteiger charge is 2.28. The average molecular weight is 570 g/mol. The summed E-state index contributed by atoms with van der Waals surface area (Å²) in [6, 6.07) is 7.47. The van der Waals surface area contributed by atoms with Gasteiger partial charge >= 0.3 is 19.5 Å². The van der Waals surface area contributed by atoms with E-state index in [9.17, 15) is 14.2 Å². The van der Waals surface area contributed by atoms with E-state index < -0.39 is 45.6 Å². The lowest BCUT2D eigenvalue weighted by molar-refractivity contribution is -0.149. The van der Waals surface area contributed by atoms with Crippen LogP contribution in [0, 0.1) is 0 Å². The first-order valence-corrected chi connectivity index (χ1v) is 13.7. The molecule has 0 aliphatic heterocycles. The van der Waals surface area contributed by atoms with Gasteiger partial charge in [0.25, 0.3) is 0 Å². The molecule has 0 amide bonds. The first-order valence-electron chi connectivity index (χ1n) is 11.2. The molecule has 0 spiro atoms. The average Bonchev–Trinajstić information content (AvgIpc) is 3.25. The van der Waals surface area contributed by atoms with Gasteiger partial charge in [0.15, 0.2) is 5.65 Å². The topological polar surface area (TPSA) is 176 Å². The first kappa shape index (κ1) is 29.3. The molecule has 3 aromatic rings. The highest BCUT2D eigenvalue weighted by molar-refractivity contribution is 7.99. The minimum Gasteiger partial charge on any atom is -0.497 e. The first-order chi connectivity index (χ1) is 18.1. The highest BCUT2D eigenvalue weighted by atomic mass is 32.2. The zero-order valence-corrected chi connectivity index (χ0v) is 22.9. The van der Waals surface area contributed by atoms with Gasteiger partial charge in [0.2, 0.25) is 19.5 Å². The molecule has 0 aliphatic carbocycles. The molecular weight excluding hydrogens is 541 g/mol. The van der Waals surface area contributed by atoms with E-state index in [1.807, 2.05) is 24.3 Å². The zero-order chi connectivity index (χ0) is 27.7. The van der Waals surface area contributed by atoms with Gasteiger partial charge in [-0.05, 0) is 31.2 Å². The molecule has 1 aromatic carbocycles. The van der Waals surface area contributed by atoms with Crippen molar-refractivity contribution >= 4 is 48.4 Å². The van der Waals surface area contributed by atoms with Gasteiger partial charge in [-0.15, -0.1) is 0 Å². The lowest BCUT2D eigenvalue weighted by Crippen LogP contribution is -2.19. The van der Waals surface area contributed by atoms with Crippen molar-refractivity contribution in [3.05, 3.63) is 30.6 Å². The van der Waals surface area contributed by atoms with Crippen LogP contribution in [-0.2, 0) is 44.0 Å². The molecule has 0 bridgehead atoms. The van der Waals surface area contributed by atoms with Crippen LogP contribution < -0.4 is 10.5 Å². The molecule has 38 heavy (non-hydrogen) atoms. The summed E-state index contributed by atoms with van der Waals surface area (Å²) in [5.74, 6) is -0.462. The van der Waals surface area contributed by atoms with Crippen molar-refractivity contribution in [3.63, 3.8) is 0 Å². The number of carbonyl (C=O) groups is 2. The van der Waals surface area contributed by atoms with Crippen LogP contribution in [0.15, 0.2) is 40.5 Å². The van der Waals surface area contributed by atoms with Crippen LogP contribution in [0.5, 0.6) is 5.75 Å². The molecule has 1 atom stereocenters. The van der Waals surface area contributed by atoms with E-state index in [1.54, 1.807) is 24.9 Å². The summed E-state index contributed by atoms with van der Waals surface area (Å²) < 4.78 is 45.1. The molecule has 0 radical (unpaired) electrons. The number of methoxy groups -OCH3 is 1. The van der Waals surface area contributed by atoms with Gasteiger partial charge in [0, 0.05) is 18.7 Å². The van der Waals surface area contributed by atoms with E-state index in [1.165, 1.54) is 25.6 Å². The van der Waals surface area contributed by atoms with Crippen LogP contribution in [0.2, 0.25) is 0 Å². The van der Waals surface area contributed by atoms with Crippen molar-refractivity contribution in [2.45, 2.75) is 43.3 Å². The third-order valence-corrected chi connectivity index (χ3v) is 7.17. The Labute approximate surface area is 222 Å². The van der Waals surface area contributed by atoms with Gasteiger partial charge < -0.3 is 29.2 Å². The van der Waals surface area contributed by atoms with Gasteiger partial charge in [0.05, 0.1) is 26.1 Å². The minimum absolute atomic E-state index is 0.0751. The fourth-order valence-corrected chi connectivity index (χ4v) is 4.90.